The topological polar surface area (TPSA) is 60.2 Å². The SMILES string of the molecule is CC1(C(N)=O)CCC2(C)CCC3(C)C(=CC(=O)C4C5(C)CCCC(C)(C)C5CCC43C)C2C1. The zero-order valence-corrected chi connectivity index (χ0v) is 22.3. The third-order valence-corrected chi connectivity index (χ3v) is 12.9. The van der Waals surface area contributed by atoms with Gasteiger partial charge in [-0.25, -0.2) is 0 Å². The average molecular weight is 454 g/mol. The molecule has 0 heterocycles. The molecule has 0 saturated heterocycles. The smallest absolute Gasteiger partial charge is 0.223 e. The Balaban J connectivity index is 1.63. The summed E-state index contributed by atoms with van der Waals surface area (Å²) in [6.45, 7) is 16.8. The number of rotatable bonds is 1. The Kier molecular flexibility index (Phi) is 4.83. The van der Waals surface area contributed by atoms with Gasteiger partial charge in [0.05, 0.1) is 0 Å². The molecule has 5 aliphatic carbocycles. The summed E-state index contributed by atoms with van der Waals surface area (Å²) < 4.78 is 0. The van der Waals surface area contributed by atoms with Crippen LogP contribution in [0.1, 0.15) is 113 Å². The molecule has 33 heavy (non-hydrogen) atoms. The second-order valence-corrected chi connectivity index (χ2v) is 15.0. The van der Waals surface area contributed by atoms with E-state index in [4.69, 9.17) is 5.73 Å². The molecular weight excluding hydrogens is 406 g/mol. The molecule has 184 valence electrons. The fraction of sp³-hybridized carbons (Fsp3) is 0.867. The number of allylic oxidation sites excluding steroid dienone is 2. The van der Waals surface area contributed by atoms with Crippen LogP contribution in [-0.2, 0) is 9.59 Å². The Morgan fingerprint density at radius 3 is 2.24 bits per heavy atom. The highest BCUT2D eigenvalue weighted by Gasteiger charge is 2.69. The van der Waals surface area contributed by atoms with Crippen LogP contribution in [0, 0.1) is 50.2 Å². The van der Waals surface area contributed by atoms with Gasteiger partial charge in [0.1, 0.15) is 0 Å². The molecule has 0 radical (unpaired) electrons. The summed E-state index contributed by atoms with van der Waals surface area (Å²) in [5, 5.41) is 0. The second-order valence-electron chi connectivity index (χ2n) is 15.0. The summed E-state index contributed by atoms with van der Waals surface area (Å²) in [4.78, 5) is 26.7. The fourth-order valence-electron chi connectivity index (χ4n) is 10.5. The molecule has 0 bridgehead atoms. The highest BCUT2D eigenvalue weighted by Crippen LogP contribution is 2.75. The van der Waals surface area contributed by atoms with Crippen LogP contribution < -0.4 is 5.73 Å². The van der Waals surface area contributed by atoms with Crippen molar-refractivity contribution >= 4 is 11.7 Å². The minimum atomic E-state index is -0.457. The van der Waals surface area contributed by atoms with Crippen LogP contribution in [0.2, 0.25) is 0 Å². The number of primary amides is 1. The zero-order valence-electron chi connectivity index (χ0n) is 22.3. The first kappa shape index (κ1) is 23.6. The molecule has 1 amide bonds. The van der Waals surface area contributed by atoms with Crippen LogP contribution in [0.25, 0.3) is 0 Å². The first-order valence-electron chi connectivity index (χ1n) is 13.7. The number of amides is 1. The van der Waals surface area contributed by atoms with E-state index < -0.39 is 5.41 Å². The third kappa shape index (κ3) is 2.86. The van der Waals surface area contributed by atoms with E-state index in [9.17, 15) is 9.59 Å². The van der Waals surface area contributed by atoms with E-state index in [1.807, 2.05) is 0 Å². The minimum Gasteiger partial charge on any atom is -0.369 e. The first-order chi connectivity index (χ1) is 15.1. The van der Waals surface area contributed by atoms with Gasteiger partial charge < -0.3 is 5.73 Å². The molecule has 3 nitrogen and oxygen atoms in total. The lowest BCUT2D eigenvalue weighted by Gasteiger charge is -2.70. The standard InChI is InChI=1S/C30H47NO2/c1-25(2)10-8-11-28(5)22(25)9-12-30(7)23(28)21(32)17-19-20-18-27(4,24(31)33)14-13-26(20,3)15-16-29(19,30)6/h17,20,22-23H,8-16,18H2,1-7H3,(H2,31,33). The van der Waals surface area contributed by atoms with Gasteiger partial charge in [-0.3, -0.25) is 9.59 Å². The van der Waals surface area contributed by atoms with Crippen LogP contribution in [0.15, 0.2) is 11.6 Å². The predicted molar refractivity (Wildman–Crippen MR) is 133 cm³/mol. The molecule has 0 aromatic heterocycles. The van der Waals surface area contributed by atoms with Gasteiger partial charge in [0.2, 0.25) is 5.91 Å². The Morgan fingerprint density at radius 2 is 1.58 bits per heavy atom. The van der Waals surface area contributed by atoms with Gasteiger partial charge in [0, 0.05) is 11.3 Å². The summed E-state index contributed by atoms with van der Waals surface area (Å²) in [7, 11) is 0. The maximum Gasteiger partial charge on any atom is 0.223 e. The summed E-state index contributed by atoms with van der Waals surface area (Å²) >= 11 is 0. The van der Waals surface area contributed by atoms with Crippen LogP contribution >= 0.6 is 0 Å². The largest absolute Gasteiger partial charge is 0.369 e. The van der Waals surface area contributed by atoms with Crippen LogP contribution in [0.5, 0.6) is 0 Å². The Bertz CT molecular complexity index is 934. The van der Waals surface area contributed by atoms with Crippen molar-refractivity contribution in [1.29, 1.82) is 0 Å². The van der Waals surface area contributed by atoms with E-state index >= 15 is 0 Å². The molecule has 4 fully saturated rings. The monoisotopic (exact) mass is 453 g/mol. The van der Waals surface area contributed by atoms with Gasteiger partial charge in [-0.15, -0.1) is 0 Å². The molecule has 4 saturated carbocycles. The average Bonchev–Trinajstić information content (AvgIpc) is 2.70. The second kappa shape index (κ2) is 6.76. The van der Waals surface area contributed by atoms with Gasteiger partial charge in [-0.05, 0) is 103 Å². The Labute approximate surface area is 201 Å². The molecule has 5 aliphatic rings. The molecular formula is C30H47NO2. The number of hydrogen-bond donors (Lipinski definition) is 1. The summed E-state index contributed by atoms with van der Waals surface area (Å²) in [5.41, 5.74) is 7.45. The molecule has 3 heteroatoms. The first-order valence-corrected chi connectivity index (χ1v) is 13.7. The third-order valence-electron chi connectivity index (χ3n) is 12.9. The molecule has 0 aromatic carbocycles. The van der Waals surface area contributed by atoms with Crippen molar-refractivity contribution in [2.75, 3.05) is 0 Å². The van der Waals surface area contributed by atoms with Crippen LogP contribution in [0.3, 0.4) is 0 Å². The van der Waals surface area contributed by atoms with Crippen molar-refractivity contribution in [1.82, 2.24) is 0 Å². The lowest BCUT2D eigenvalue weighted by atomic mass is 9.33. The fourth-order valence-corrected chi connectivity index (χ4v) is 10.5. The summed E-state index contributed by atoms with van der Waals surface area (Å²) in [6.07, 6.45) is 13.3. The molecule has 0 aromatic rings. The number of carbonyl (C=O) groups excluding carboxylic acids is 2. The normalized spacial score (nSPS) is 53.1. The van der Waals surface area contributed by atoms with Crippen LogP contribution in [0.4, 0.5) is 0 Å². The van der Waals surface area contributed by atoms with Gasteiger partial charge >= 0.3 is 0 Å². The maximum atomic E-state index is 14.2. The summed E-state index contributed by atoms with van der Waals surface area (Å²) in [6, 6.07) is 0. The highest BCUT2D eigenvalue weighted by molar-refractivity contribution is 5.95. The van der Waals surface area contributed by atoms with Crippen molar-refractivity contribution in [2.24, 2.45) is 56.0 Å². The number of ketones is 1. The summed E-state index contributed by atoms with van der Waals surface area (Å²) in [5.74, 6) is 1.26. The van der Waals surface area contributed by atoms with E-state index in [1.165, 1.54) is 44.1 Å². The highest BCUT2D eigenvalue weighted by atomic mass is 16.1. The lowest BCUT2D eigenvalue weighted by molar-refractivity contribution is -0.184. The lowest BCUT2D eigenvalue weighted by Crippen LogP contribution is -2.65. The molecule has 8 unspecified atom stereocenters. The molecule has 0 aliphatic heterocycles. The zero-order chi connectivity index (χ0) is 24.2. The van der Waals surface area contributed by atoms with Crippen molar-refractivity contribution in [3.63, 3.8) is 0 Å². The van der Waals surface area contributed by atoms with E-state index in [1.54, 1.807) is 0 Å². The Hall–Kier alpha value is -1.12. The van der Waals surface area contributed by atoms with E-state index in [0.717, 1.165) is 25.7 Å². The van der Waals surface area contributed by atoms with Crippen molar-refractivity contribution in [3.05, 3.63) is 11.6 Å². The van der Waals surface area contributed by atoms with E-state index in [0.29, 0.717) is 17.1 Å². The minimum absolute atomic E-state index is 0.00522. The van der Waals surface area contributed by atoms with E-state index in [2.05, 4.69) is 54.5 Å². The van der Waals surface area contributed by atoms with Gasteiger partial charge in [0.25, 0.3) is 0 Å². The molecule has 2 N–H and O–H groups in total. The molecule has 0 spiro atoms. The predicted octanol–water partition coefficient (Wildman–Crippen LogP) is 6.84. The number of fused-ring (bicyclic) bond motifs is 7. The van der Waals surface area contributed by atoms with E-state index in [-0.39, 0.29) is 39.4 Å². The van der Waals surface area contributed by atoms with Crippen LogP contribution in [-0.4, -0.2) is 11.7 Å². The van der Waals surface area contributed by atoms with Gasteiger partial charge in [-0.1, -0.05) is 60.5 Å². The van der Waals surface area contributed by atoms with Gasteiger partial charge in [0.15, 0.2) is 5.78 Å². The van der Waals surface area contributed by atoms with Crippen molar-refractivity contribution in [2.45, 2.75) is 113 Å². The molecule has 8 atom stereocenters. The number of carbonyl (C=O) groups is 2. The number of nitrogens with two attached hydrogens (primary N) is 1. The Morgan fingerprint density at radius 1 is 0.909 bits per heavy atom. The quantitative estimate of drug-likeness (QED) is 0.472. The maximum absolute atomic E-state index is 14.2. The van der Waals surface area contributed by atoms with Crippen molar-refractivity contribution in [3.8, 4) is 0 Å². The van der Waals surface area contributed by atoms with Crippen molar-refractivity contribution < 1.29 is 9.59 Å². The molecule has 5 rings (SSSR count). The number of hydrogen-bond acceptors (Lipinski definition) is 2. The van der Waals surface area contributed by atoms with Gasteiger partial charge in [-0.2, -0.15) is 0 Å².